The molecule has 64 heavy (non-hydrogen) atoms. The summed E-state index contributed by atoms with van der Waals surface area (Å²) < 4.78 is 17.2. The van der Waals surface area contributed by atoms with Crippen molar-refractivity contribution in [2.45, 2.75) is 199 Å². The van der Waals surface area contributed by atoms with E-state index in [1.165, 1.54) is 77.0 Å². The molecule has 0 bridgehead atoms. The Kier molecular flexibility index (Phi) is 43.1. The van der Waals surface area contributed by atoms with Gasteiger partial charge in [-0.05, 0) is 89.9 Å². The Morgan fingerprint density at radius 2 is 0.891 bits per heavy atom. The van der Waals surface area contributed by atoms with E-state index in [9.17, 15) is 19.5 Å². The van der Waals surface area contributed by atoms with E-state index in [2.05, 4.69) is 111 Å². The molecule has 0 amide bonds. The van der Waals surface area contributed by atoms with Crippen molar-refractivity contribution in [3.8, 4) is 0 Å². The number of carboxylic acids is 1. The number of allylic oxidation sites excluding steroid dienone is 16. The molecule has 364 valence electrons. The molecule has 0 heterocycles. The average molecular weight is 892 g/mol. The van der Waals surface area contributed by atoms with Crippen molar-refractivity contribution in [2.75, 3.05) is 41.0 Å². The van der Waals surface area contributed by atoms with Crippen molar-refractivity contribution < 1.29 is 38.2 Å². The topological polar surface area (TPSA) is 102 Å². The van der Waals surface area contributed by atoms with Gasteiger partial charge < -0.3 is 28.6 Å². The van der Waals surface area contributed by atoms with Gasteiger partial charge in [-0.2, -0.15) is 0 Å². The van der Waals surface area contributed by atoms with Crippen LogP contribution in [-0.4, -0.2) is 75.5 Å². The molecule has 0 aliphatic rings. The van der Waals surface area contributed by atoms with E-state index in [-0.39, 0.29) is 49.1 Å². The highest BCUT2D eigenvalue weighted by Gasteiger charge is 2.25. The number of carbonyl (C=O) groups excluding carboxylic acids is 3. The van der Waals surface area contributed by atoms with E-state index < -0.39 is 18.1 Å². The van der Waals surface area contributed by atoms with E-state index in [0.717, 1.165) is 70.6 Å². The van der Waals surface area contributed by atoms with E-state index in [4.69, 9.17) is 14.2 Å². The lowest BCUT2D eigenvalue weighted by Crippen LogP contribution is -2.55. The van der Waals surface area contributed by atoms with Crippen molar-refractivity contribution in [2.24, 2.45) is 0 Å². The fraction of sp³-hybridized carbons (Fsp3) is 0.661. The summed E-state index contributed by atoms with van der Waals surface area (Å²) in [5, 5.41) is 11.7. The normalized spacial score (nSPS) is 13.7. The molecule has 0 saturated heterocycles. The number of rotatable bonds is 44. The number of ether oxygens (including phenoxy) is 3. The van der Waals surface area contributed by atoms with E-state index >= 15 is 0 Å². The molecule has 0 N–H and O–H groups in total. The largest absolute Gasteiger partial charge is 0.544 e. The van der Waals surface area contributed by atoms with Crippen LogP contribution in [0.2, 0.25) is 0 Å². The third-order valence-electron chi connectivity index (χ3n) is 10.7. The van der Waals surface area contributed by atoms with Gasteiger partial charge in [0.05, 0.1) is 40.3 Å². The quantitative estimate of drug-likeness (QED) is 0.0260. The molecule has 0 aromatic heterocycles. The average Bonchev–Trinajstić information content (AvgIpc) is 3.26. The highest BCUT2D eigenvalue weighted by Crippen LogP contribution is 2.13. The van der Waals surface area contributed by atoms with Crippen LogP contribution in [0.25, 0.3) is 0 Å². The first-order valence-corrected chi connectivity index (χ1v) is 25.3. The Labute approximate surface area is 392 Å². The SMILES string of the molecule is CC/C=C/C/C=C/C/C=C/C/C=C/C/C=C/C/C=C/C/C=C/CCCC(=O)OCC(COCCC(C(=O)[O-])[N+](C)(C)C)OC(=O)CCCCCCCCC/C=C/CCCCCCCC. The fourth-order valence-corrected chi connectivity index (χ4v) is 6.82. The molecule has 0 spiro atoms. The summed E-state index contributed by atoms with van der Waals surface area (Å²) in [7, 11) is 5.39. The number of hydrogen-bond acceptors (Lipinski definition) is 7. The van der Waals surface area contributed by atoms with Crippen LogP contribution in [0.5, 0.6) is 0 Å². The fourth-order valence-electron chi connectivity index (χ4n) is 6.82. The van der Waals surface area contributed by atoms with Gasteiger partial charge in [0.15, 0.2) is 6.10 Å². The minimum absolute atomic E-state index is 0.0154. The third-order valence-corrected chi connectivity index (χ3v) is 10.7. The first-order chi connectivity index (χ1) is 31.1. The van der Waals surface area contributed by atoms with Crippen molar-refractivity contribution in [3.05, 3.63) is 97.2 Å². The van der Waals surface area contributed by atoms with Crippen LogP contribution in [0.3, 0.4) is 0 Å². The molecule has 0 radical (unpaired) electrons. The summed E-state index contributed by atoms with van der Waals surface area (Å²) in [6.45, 7) is 4.47. The van der Waals surface area contributed by atoms with Gasteiger partial charge in [-0.1, -0.05) is 175 Å². The molecule has 0 rings (SSSR count). The van der Waals surface area contributed by atoms with E-state index in [1.54, 1.807) is 21.1 Å². The second-order valence-electron chi connectivity index (χ2n) is 17.7. The molecule has 2 atom stereocenters. The second kappa shape index (κ2) is 45.8. The minimum Gasteiger partial charge on any atom is -0.544 e. The zero-order valence-electron chi connectivity index (χ0n) is 41.4. The highest BCUT2D eigenvalue weighted by molar-refractivity contribution is 5.70. The number of hydrogen-bond donors (Lipinski definition) is 0. The van der Waals surface area contributed by atoms with E-state index in [1.807, 2.05) is 0 Å². The smallest absolute Gasteiger partial charge is 0.306 e. The molecule has 2 unspecified atom stereocenters. The van der Waals surface area contributed by atoms with Crippen molar-refractivity contribution in [3.63, 3.8) is 0 Å². The van der Waals surface area contributed by atoms with Gasteiger partial charge >= 0.3 is 11.9 Å². The predicted octanol–water partition coefficient (Wildman–Crippen LogP) is 13.3. The van der Waals surface area contributed by atoms with Gasteiger partial charge in [0.25, 0.3) is 0 Å². The number of unbranched alkanes of at least 4 members (excludes halogenated alkanes) is 14. The summed E-state index contributed by atoms with van der Waals surface area (Å²) in [5.74, 6) is -1.83. The summed E-state index contributed by atoms with van der Waals surface area (Å²) in [6.07, 6.45) is 61.6. The predicted molar refractivity (Wildman–Crippen MR) is 268 cm³/mol. The van der Waals surface area contributed by atoms with Crippen molar-refractivity contribution >= 4 is 17.9 Å². The molecular formula is C56H93NO7. The van der Waals surface area contributed by atoms with Crippen LogP contribution in [0.15, 0.2) is 97.2 Å². The maximum absolute atomic E-state index is 12.8. The number of aliphatic carboxylic acids is 1. The highest BCUT2D eigenvalue weighted by atomic mass is 16.6. The first kappa shape index (κ1) is 60.2. The van der Waals surface area contributed by atoms with Crippen LogP contribution >= 0.6 is 0 Å². The van der Waals surface area contributed by atoms with Gasteiger partial charge in [-0.3, -0.25) is 9.59 Å². The summed E-state index contributed by atoms with van der Waals surface area (Å²) in [4.78, 5) is 37.0. The Hall–Kier alpha value is -3.75. The van der Waals surface area contributed by atoms with Gasteiger partial charge in [-0.25, -0.2) is 0 Å². The Bertz CT molecular complexity index is 1360. The number of nitrogens with zero attached hydrogens (tertiary/aromatic N) is 1. The lowest BCUT2D eigenvalue weighted by molar-refractivity contribution is -0.889. The number of quaternary nitrogens is 1. The Balaban J connectivity index is 4.39. The van der Waals surface area contributed by atoms with Crippen molar-refractivity contribution in [1.82, 2.24) is 0 Å². The van der Waals surface area contributed by atoms with Crippen LogP contribution in [0.4, 0.5) is 0 Å². The molecule has 0 aromatic rings. The maximum atomic E-state index is 12.8. The van der Waals surface area contributed by atoms with Gasteiger partial charge in [0.2, 0.25) is 0 Å². The van der Waals surface area contributed by atoms with Crippen LogP contribution in [0.1, 0.15) is 187 Å². The zero-order valence-corrected chi connectivity index (χ0v) is 41.4. The number of carbonyl (C=O) groups is 3. The van der Waals surface area contributed by atoms with Crippen LogP contribution in [-0.2, 0) is 28.6 Å². The number of likely N-dealkylation sites (N-methyl/N-ethyl adjacent to an activating group) is 1. The molecule has 0 fully saturated rings. The molecule has 0 aromatic carbocycles. The minimum atomic E-state index is -1.14. The van der Waals surface area contributed by atoms with E-state index in [0.29, 0.717) is 12.8 Å². The number of carboxylic acid groups (broad SMARTS) is 1. The lowest BCUT2D eigenvalue weighted by Gasteiger charge is -2.34. The lowest BCUT2D eigenvalue weighted by atomic mass is 10.1. The maximum Gasteiger partial charge on any atom is 0.306 e. The monoisotopic (exact) mass is 892 g/mol. The summed E-state index contributed by atoms with van der Waals surface area (Å²) in [5.41, 5.74) is 0. The number of esters is 2. The molecule has 8 heteroatoms. The van der Waals surface area contributed by atoms with Gasteiger partial charge in [0.1, 0.15) is 12.6 Å². The molecule has 0 saturated carbocycles. The van der Waals surface area contributed by atoms with Crippen LogP contribution in [0, 0.1) is 0 Å². The molecular weight excluding hydrogens is 799 g/mol. The summed E-state index contributed by atoms with van der Waals surface area (Å²) >= 11 is 0. The summed E-state index contributed by atoms with van der Waals surface area (Å²) in [6, 6.07) is -0.741. The van der Waals surface area contributed by atoms with Gasteiger partial charge in [0, 0.05) is 19.3 Å². The Morgan fingerprint density at radius 1 is 0.484 bits per heavy atom. The zero-order chi connectivity index (χ0) is 47.0. The molecule has 0 aliphatic heterocycles. The molecule has 0 aliphatic carbocycles. The first-order valence-electron chi connectivity index (χ1n) is 25.3. The van der Waals surface area contributed by atoms with Gasteiger partial charge in [-0.15, -0.1) is 0 Å². The van der Waals surface area contributed by atoms with Crippen LogP contribution < -0.4 is 5.11 Å². The Morgan fingerprint density at radius 3 is 1.36 bits per heavy atom. The third kappa shape index (κ3) is 43.5. The molecule has 8 nitrogen and oxygen atoms in total. The van der Waals surface area contributed by atoms with Crippen molar-refractivity contribution in [1.29, 1.82) is 0 Å². The standard InChI is InChI=1S/C56H93NO7/c1-6-8-10-12-14-16-18-20-22-24-25-26-27-28-29-31-32-34-36-38-40-42-44-46-54(58)63-51-52(50-62-49-48-53(56(60)61)57(3,4)5)64-55(59)47-45-43-41-39-37-35-33-30-23-21-19-17-15-13-11-9-7-2/h8,10,14,16,20-23,25-26,28-29,32,34,38,40,52-53H,6-7,9,11-13,15,17-19,24,27,30-31,33,35-37,39,41-51H2,1-5H3/b10-8+,16-14+,22-20+,23-21+,26-25+,29-28+,34-32+,40-38+. The second-order valence-corrected chi connectivity index (χ2v) is 17.7.